The molecular formula is C28H47N3O2. The van der Waals surface area contributed by atoms with Crippen LogP contribution in [0, 0.1) is 40.9 Å². The number of rotatable bonds is 3. The standard InChI is InChI=1S/C28H47N3O2/c1-18-5-9-24-21(17-18)6-10-25(29-24)22-7-8-23(20(3)19(22)2)26(32)30-13-15-31(16-14-30)27(33)28(4)11-12-28/h18-25,29H,5-17H2,1-4H3. The van der Waals surface area contributed by atoms with Gasteiger partial charge in [-0.15, -0.1) is 0 Å². The molecule has 5 aliphatic rings. The molecule has 2 heterocycles. The molecule has 0 aromatic carbocycles. The molecule has 1 N–H and O–H groups in total. The van der Waals surface area contributed by atoms with Gasteiger partial charge in [0.1, 0.15) is 0 Å². The first kappa shape index (κ1) is 23.6. The summed E-state index contributed by atoms with van der Waals surface area (Å²) in [5, 5.41) is 4.10. The Kier molecular flexibility index (Phi) is 6.56. The summed E-state index contributed by atoms with van der Waals surface area (Å²) in [6, 6.07) is 1.38. The lowest BCUT2D eigenvalue weighted by Gasteiger charge is -2.49. The van der Waals surface area contributed by atoms with Crippen LogP contribution in [0.25, 0.3) is 0 Å². The zero-order chi connectivity index (χ0) is 23.3. The lowest BCUT2D eigenvalue weighted by atomic mass is 9.63. The van der Waals surface area contributed by atoms with Crippen molar-refractivity contribution in [2.24, 2.45) is 40.9 Å². The summed E-state index contributed by atoms with van der Waals surface area (Å²) < 4.78 is 0. The summed E-state index contributed by atoms with van der Waals surface area (Å²) in [6.45, 7) is 12.1. The van der Waals surface area contributed by atoms with Crippen LogP contribution in [0.1, 0.15) is 85.5 Å². The van der Waals surface area contributed by atoms with Crippen LogP contribution in [0.4, 0.5) is 0 Å². The summed E-state index contributed by atoms with van der Waals surface area (Å²) in [4.78, 5) is 30.2. The second-order valence-electron chi connectivity index (χ2n) is 12.9. The van der Waals surface area contributed by atoms with Gasteiger partial charge in [0.05, 0.1) is 0 Å². The summed E-state index contributed by atoms with van der Waals surface area (Å²) in [7, 11) is 0. The van der Waals surface area contributed by atoms with Crippen LogP contribution in [0.5, 0.6) is 0 Å². The molecule has 8 unspecified atom stereocenters. The SMILES string of the molecule is CC1CCC2NC(C3CCC(C(=O)N4CCN(C(=O)C5(C)CC5)CC4)C(C)C3C)CCC2C1. The Morgan fingerprint density at radius 3 is 2.15 bits per heavy atom. The van der Waals surface area contributed by atoms with Crippen molar-refractivity contribution >= 4 is 11.8 Å². The van der Waals surface area contributed by atoms with Gasteiger partial charge in [-0.25, -0.2) is 0 Å². The highest BCUT2D eigenvalue weighted by atomic mass is 16.2. The predicted octanol–water partition coefficient (Wildman–Crippen LogP) is 4.31. The molecule has 0 aromatic heterocycles. The van der Waals surface area contributed by atoms with E-state index in [1.807, 2.05) is 4.90 Å². The first-order valence-electron chi connectivity index (χ1n) is 14.1. The third kappa shape index (κ3) is 4.60. The maximum Gasteiger partial charge on any atom is 0.228 e. The topological polar surface area (TPSA) is 52.7 Å². The van der Waals surface area contributed by atoms with Crippen LogP contribution < -0.4 is 5.32 Å². The van der Waals surface area contributed by atoms with Gasteiger partial charge < -0.3 is 15.1 Å². The third-order valence-corrected chi connectivity index (χ3v) is 10.7. The number of nitrogens with one attached hydrogen (secondary N) is 1. The Morgan fingerprint density at radius 1 is 0.788 bits per heavy atom. The van der Waals surface area contributed by atoms with Gasteiger partial charge in [0.2, 0.25) is 11.8 Å². The molecule has 5 nitrogen and oxygen atoms in total. The first-order chi connectivity index (χ1) is 15.8. The first-order valence-corrected chi connectivity index (χ1v) is 14.1. The van der Waals surface area contributed by atoms with E-state index in [-0.39, 0.29) is 11.3 Å². The zero-order valence-electron chi connectivity index (χ0n) is 21.5. The number of piperidine rings is 1. The number of piperazine rings is 1. The Labute approximate surface area is 201 Å². The molecule has 5 rings (SSSR count). The lowest BCUT2D eigenvalue weighted by molar-refractivity contribution is -0.147. The minimum atomic E-state index is -0.0996. The van der Waals surface area contributed by atoms with Gasteiger partial charge in [0, 0.05) is 49.6 Å². The number of amides is 2. The fourth-order valence-corrected chi connectivity index (χ4v) is 7.84. The summed E-state index contributed by atoms with van der Waals surface area (Å²) in [5.74, 6) is 4.35. The third-order valence-electron chi connectivity index (χ3n) is 10.7. The second kappa shape index (κ2) is 9.17. The molecule has 0 aromatic rings. The highest BCUT2D eigenvalue weighted by molar-refractivity contribution is 5.85. The molecule has 33 heavy (non-hydrogen) atoms. The van der Waals surface area contributed by atoms with E-state index in [9.17, 15) is 9.59 Å². The minimum absolute atomic E-state index is 0.0996. The van der Waals surface area contributed by atoms with Crippen molar-refractivity contribution in [2.45, 2.75) is 97.6 Å². The number of carbonyl (C=O) groups excluding carboxylic acids is 2. The summed E-state index contributed by atoms with van der Waals surface area (Å²) in [6.07, 6.45) is 11.1. The quantitative estimate of drug-likeness (QED) is 0.687. The molecule has 2 aliphatic heterocycles. The van der Waals surface area contributed by atoms with Gasteiger partial charge in [-0.3, -0.25) is 9.59 Å². The van der Waals surface area contributed by atoms with Gasteiger partial charge in [0.15, 0.2) is 0 Å². The van der Waals surface area contributed by atoms with Crippen molar-refractivity contribution in [1.82, 2.24) is 15.1 Å². The lowest BCUT2D eigenvalue weighted by Crippen LogP contribution is -2.57. The highest BCUT2D eigenvalue weighted by Gasteiger charge is 2.48. The Balaban J connectivity index is 1.14. The van der Waals surface area contributed by atoms with Crippen molar-refractivity contribution in [3.63, 3.8) is 0 Å². The van der Waals surface area contributed by atoms with Crippen molar-refractivity contribution in [2.75, 3.05) is 26.2 Å². The second-order valence-corrected chi connectivity index (χ2v) is 12.9. The molecule has 2 saturated heterocycles. The molecule has 186 valence electrons. The largest absolute Gasteiger partial charge is 0.339 e. The summed E-state index contributed by atoms with van der Waals surface area (Å²) in [5.41, 5.74) is -0.0996. The molecular weight excluding hydrogens is 410 g/mol. The van der Waals surface area contributed by atoms with E-state index in [4.69, 9.17) is 0 Å². The van der Waals surface area contributed by atoms with E-state index >= 15 is 0 Å². The van der Waals surface area contributed by atoms with Crippen molar-refractivity contribution in [3.8, 4) is 0 Å². The number of hydrogen-bond donors (Lipinski definition) is 1. The smallest absolute Gasteiger partial charge is 0.228 e. The number of nitrogens with zero attached hydrogens (tertiary/aromatic N) is 2. The molecule has 0 spiro atoms. The van der Waals surface area contributed by atoms with E-state index in [1.54, 1.807) is 0 Å². The van der Waals surface area contributed by atoms with Gasteiger partial charge >= 0.3 is 0 Å². The van der Waals surface area contributed by atoms with E-state index in [2.05, 4.69) is 37.9 Å². The maximum absolute atomic E-state index is 13.5. The fraction of sp³-hybridized carbons (Fsp3) is 0.929. The number of hydrogen-bond acceptors (Lipinski definition) is 3. The van der Waals surface area contributed by atoms with E-state index < -0.39 is 0 Å². The molecule has 8 atom stereocenters. The van der Waals surface area contributed by atoms with Gasteiger partial charge in [-0.2, -0.15) is 0 Å². The maximum atomic E-state index is 13.5. The molecule has 5 fully saturated rings. The van der Waals surface area contributed by atoms with Crippen LogP contribution in [-0.2, 0) is 9.59 Å². The van der Waals surface area contributed by atoms with E-state index in [0.29, 0.717) is 61.8 Å². The average molecular weight is 458 g/mol. The van der Waals surface area contributed by atoms with Crippen LogP contribution in [0.3, 0.4) is 0 Å². The van der Waals surface area contributed by atoms with Gasteiger partial charge in [-0.1, -0.05) is 27.7 Å². The van der Waals surface area contributed by atoms with E-state index in [0.717, 1.165) is 37.1 Å². The highest BCUT2D eigenvalue weighted by Crippen LogP contribution is 2.47. The van der Waals surface area contributed by atoms with Crippen LogP contribution >= 0.6 is 0 Å². The Morgan fingerprint density at radius 2 is 1.45 bits per heavy atom. The van der Waals surface area contributed by atoms with Gasteiger partial charge in [0.25, 0.3) is 0 Å². The van der Waals surface area contributed by atoms with Crippen molar-refractivity contribution in [1.29, 1.82) is 0 Å². The zero-order valence-corrected chi connectivity index (χ0v) is 21.5. The molecule has 3 saturated carbocycles. The Bertz CT molecular complexity index is 741. The predicted molar refractivity (Wildman–Crippen MR) is 131 cm³/mol. The molecule has 0 bridgehead atoms. The molecule has 3 aliphatic carbocycles. The number of fused-ring (bicyclic) bond motifs is 1. The van der Waals surface area contributed by atoms with Crippen LogP contribution in [-0.4, -0.2) is 59.9 Å². The van der Waals surface area contributed by atoms with Gasteiger partial charge in [-0.05, 0) is 87.4 Å². The molecule has 5 heteroatoms. The monoisotopic (exact) mass is 457 g/mol. The fourth-order valence-electron chi connectivity index (χ4n) is 7.84. The van der Waals surface area contributed by atoms with Crippen LogP contribution in [0.15, 0.2) is 0 Å². The Hall–Kier alpha value is -1.10. The van der Waals surface area contributed by atoms with Crippen LogP contribution in [0.2, 0.25) is 0 Å². The number of carbonyl (C=O) groups is 2. The van der Waals surface area contributed by atoms with Crippen molar-refractivity contribution < 1.29 is 9.59 Å². The average Bonchev–Trinajstić information content (AvgIpc) is 3.58. The summed E-state index contributed by atoms with van der Waals surface area (Å²) >= 11 is 0. The molecule has 2 amide bonds. The van der Waals surface area contributed by atoms with Crippen molar-refractivity contribution in [3.05, 3.63) is 0 Å². The molecule has 0 radical (unpaired) electrons. The minimum Gasteiger partial charge on any atom is -0.339 e. The van der Waals surface area contributed by atoms with E-state index in [1.165, 1.54) is 38.5 Å². The normalized spacial score (nSPS) is 43.0.